The zero-order valence-electron chi connectivity index (χ0n) is 9.11. The third-order valence-electron chi connectivity index (χ3n) is 1.97. The van der Waals surface area contributed by atoms with E-state index in [1.165, 1.54) is 5.56 Å². The fraction of sp³-hybridized carbons (Fsp3) is 0.545. The summed E-state index contributed by atoms with van der Waals surface area (Å²) < 4.78 is 4.98. The molecule has 0 spiro atoms. The minimum atomic E-state index is 0.683. The predicted octanol–water partition coefficient (Wildman–Crippen LogP) is 1.71. The summed E-state index contributed by atoms with van der Waals surface area (Å²) in [4.78, 5) is 4.36. The van der Waals surface area contributed by atoms with Gasteiger partial charge in [0.25, 0.3) is 0 Å². The van der Waals surface area contributed by atoms with Gasteiger partial charge >= 0.3 is 0 Å². The van der Waals surface area contributed by atoms with E-state index in [1.807, 2.05) is 6.20 Å². The maximum atomic E-state index is 5.47. The van der Waals surface area contributed by atoms with E-state index in [9.17, 15) is 0 Å². The van der Waals surface area contributed by atoms with E-state index in [-0.39, 0.29) is 0 Å². The van der Waals surface area contributed by atoms with Crippen molar-refractivity contribution in [3.05, 3.63) is 23.9 Å². The minimum Gasteiger partial charge on any atom is -0.385 e. The number of nitrogens with two attached hydrogens (primary N) is 1. The van der Waals surface area contributed by atoms with E-state index in [4.69, 9.17) is 10.5 Å². The maximum absolute atomic E-state index is 5.47. The summed E-state index contributed by atoms with van der Waals surface area (Å²) in [6.45, 7) is 1.50. The fourth-order valence-corrected chi connectivity index (χ4v) is 1.95. The molecular weight excluding hydrogens is 208 g/mol. The first-order valence-corrected chi connectivity index (χ1v) is 6.12. The number of nitrogens with zero attached hydrogens (tertiary/aromatic N) is 1. The Bertz CT molecular complexity index is 264. The largest absolute Gasteiger partial charge is 0.385 e. The van der Waals surface area contributed by atoms with E-state index in [1.54, 1.807) is 18.9 Å². The van der Waals surface area contributed by atoms with Crippen LogP contribution in [-0.4, -0.2) is 31.0 Å². The molecule has 0 aliphatic rings. The molecule has 0 fully saturated rings. The van der Waals surface area contributed by atoms with Gasteiger partial charge < -0.3 is 10.5 Å². The van der Waals surface area contributed by atoms with E-state index < -0.39 is 0 Å². The molecule has 0 saturated heterocycles. The third-order valence-corrected chi connectivity index (χ3v) is 3.00. The molecule has 15 heavy (non-hydrogen) atoms. The highest BCUT2D eigenvalue weighted by molar-refractivity contribution is 7.99. The Hall–Kier alpha value is -0.580. The average molecular weight is 226 g/mol. The Morgan fingerprint density at radius 1 is 1.47 bits per heavy atom. The van der Waals surface area contributed by atoms with Gasteiger partial charge in [-0.1, -0.05) is 6.07 Å². The molecule has 2 N–H and O–H groups in total. The van der Waals surface area contributed by atoms with Crippen molar-refractivity contribution in [1.82, 2.24) is 4.98 Å². The standard InChI is InChI=1S/C11H18N2OS/c1-14-7-2-8-15-11-4-3-10(5-6-12)9-13-11/h3-4,9H,2,5-8,12H2,1H3. The fourth-order valence-electron chi connectivity index (χ4n) is 1.19. The summed E-state index contributed by atoms with van der Waals surface area (Å²) in [7, 11) is 1.73. The summed E-state index contributed by atoms with van der Waals surface area (Å²) in [5, 5.41) is 1.08. The number of methoxy groups -OCH3 is 1. The second-order valence-electron chi connectivity index (χ2n) is 3.24. The lowest BCUT2D eigenvalue weighted by atomic mass is 10.2. The van der Waals surface area contributed by atoms with Gasteiger partial charge in [0.2, 0.25) is 0 Å². The van der Waals surface area contributed by atoms with Gasteiger partial charge in [-0.2, -0.15) is 0 Å². The van der Waals surface area contributed by atoms with E-state index >= 15 is 0 Å². The highest BCUT2D eigenvalue weighted by Gasteiger charge is 1.96. The van der Waals surface area contributed by atoms with E-state index in [2.05, 4.69) is 17.1 Å². The molecule has 1 aromatic rings. The molecule has 0 bridgehead atoms. The van der Waals surface area contributed by atoms with Crippen LogP contribution in [0.25, 0.3) is 0 Å². The second kappa shape index (κ2) is 7.68. The van der Waals surface area contributed by atoms with Crippen molar-refractivity contribution in [2.75, 3.05) is 26.0 Å². The molecule has 1 aromatic heterocycles. The highest BCUT2D eigenvalue weighted by Crippen LogP contribution is 2.16. The Labute approximate surface area is 95.4 Å². The Morgan fingerprint density at radius 3 is 2.93 bits per heavy atom. The molecular formula is C11H18N2OS. The number of ether oxygens (including phenoxy) is 1. The molecule has 4 heteroatoms. The molecule has 3 nitrogen and oxygen atoms in total. The first-order chi connectivity index (χ1) is 7.36. The zero-order valence-corrected chi connectivity index (χ0v) is 9.93. The summed E-state index contributed by atoms with van der Waals surface area (Å²) in [6.07, 6.45) is 3.88. The number of hydrogen-bond donors (Lipinski definition) is 1. The van der Waals surface area contributed by atoms with Gasteiger partial charge in [-0.05, 0) is 31.0 Å². The summed E-state index contributed by atoms with van der Waals surface area (Å²) in [6, 6.07) is 4.15. The van der Waals surface area contributed by atoms with Gasteiger partial charge in [0, 0.05) is 25.7 Å². The van der Waals surface area contributed by atoms with Crippen molar-refractivity contribution >= 4 is 11.8 Å². The van der Waals surface area contributed by atoms with Crippen LogP contribution in [0.15, 0.2) is 23.4 Å². The van der Waals surface area contributed by atoms with Gasteiger partial charge in [0.15, 0.2) is 0 Å². The number of aromatic nitrogens is 1. The molecule has 0 radical (unpaired) electrons. The van der Waals surface area contributed by atoms with Crippen LogP contribution in [-0.2, 0) is 11.2 Å². The SMILES string of the molecule is COCCCSc1ccc(CCN)cn1. The maximum Gasteiger partial charge on any atom is 0.0960 e. The van der Waals surface area contributed by atoms with Gasteiger partial charge in [-0.15, -0.1) is 11.8 Å². The lowest BCUT2D eigenvalue weighted by Gasteiger charge is -2.02. The van der Waals surface area contributed by atoms with Crippen molar-refractivity contribution in [3.8, 4) is 0 Å². The number of thioether (sulfide) groups is 1. The predicted molar refractivity (Wildman–Crippen MR) is 64.2 cm³/mol. The van der Waals surface area contributed by atoms with Crippen molar-refractivity contribution in [2.45, 2.75) is 17.9 Å². The zero-order chi connectivity index (χ0) is 10.9. The summed E-state index contributed by atoms with van der Waals surface area (Å²) in [5.74, 6) is 1.05. The lowest BCUT2D eigenvalue weighted by molar-refractivity contribution is 0.200. The van der Waals surface area contributed by atoms with Crippen molar-refractivity contribution in [3.63, 3.8) is 0 Å². The lowest BCUT2D eigenvalue weighted by Crippen LogP contribution is -2.02. The van der Waals surface area contributed by atoms with Crippen molar-refractivity contribution in [1.29, 1.82) is 0 Å². The normalized spacial score (nSPS) is 10.5. The van der Waals surface area contributed by atoms with Crippen LogP contribution < -0.4 is 5.73 Å². The molecule has 1 rings (SSSR count). The molecule has 1 heterocycles. The van der Waals surface area contributed by atoms with Gasteiger partial charge in [-0.25, -0.2) is 4.98 Å². The smallest absolute Gasteiger partial charge is 0.0960 e. The van der Waals surface area contributed by atoms with Crippen LogP contribution in [0.1, 0.15) is 12.0 Å². The second-order valence-corrected chi connectivity index (χ2v) is 4.35. The number of pyridine rings is 1. The molecule has 0 aromatic carbocycles. The molecule has 0 atom stereocenters. The Kier molecular flexibility index (Phi) is 6.39. The van der Waals surface area contributed by atoms with Crippen LogP contribution in [0.2, 0.25) is 0 Å². The van der Waals surface area contributed by atoms with Gasteiger partial charge in [-0.3, -0.25) is 0 Å². The topological polar surface area (TPSA) is 48.1 Å². The first-order valence-electron chi connectivity index (χ1n) is 5.13. The van der Waals surface area contributed by atoms with Crippen LogP contribution in [0.5, 0.6) is 0 Å². The number of rotatable bonds is 7. The van der Waals surface area contributed by atoms with Crippen LogP contribution >= 0.6 is 11.8 Å². The van der Waals surface area contributed by atoms with Crippen molar-refractivity contribution in [2.24, 2.45) is 5.73 Å². The quantitative estimate of drug-likeness (QED) is 0.568. The van der Waals surface area contributed by atoms with Crippen LogP contribution in [0.3, 0.4) is 0 Å². The Morgan fingerprint density at radius 2 is 2.33 bits per heavy atom. The summed E-state index contributed by atoms with van der Waals surface area (Å²) >= 11 is 1.76. The molecule has 0 unspecified atom stereocenters. The Balaban J connectivity index is 2.29. The molecule has 84 valence electrons. The van der Waals surface area contributed by atoms with Crippen LogP contribution in [0.4, 0.5) is 0 Å². The molecule has 0 saturated carbocycles. The number of hydrogen-bond acceptors (Lipinski definition) is 4. The van der Waals surface area contributed by atoms with Crippen LogP contribution in [0, 0.1) is 0 Å². The van der Waals surface area contributed by atoms with E-state index in [0.29, 0.717) is 6.54 Å². The molecule has 0 amide bonds. The van der Waals surface area contributed by atoms with Crippen molar-refractivity contribution < 1.29 is 4.74 Å². The monoisotopic (exact) mass is 226 g/mol. The first kappa shape index (κ1) is 12.5. The van der Waals surface area contributed by atoms with Gasteiger partial charge in [0.1, 0.15) is 0 Å². The summed E-state index contributed by atoms with van der Waals surface area (Å²) in [5.41, 5.74) is 6.67. The molecule has 0 aliphatic heterocycles. The minimum absolute atomic E-state index is 0.683. The highest BCUT2D eigenvalue weighted by atomic mass is 32.2. The third kappa shape index (κ3) is 5.16. The molecule has 0 aliphatic carbocycles. The average Bonchev–Trinajstić information content (AvgIpc) is 2.27. The van der Waals surface area contributed by atoms with Gasteiger partial charge in [0.05, 0.1) is 5.03 Å². The van der Waals surface area contributed by atoms with E-state index in [0.717, 1.165) is 30.2 Å².